The van der Waals surface area contributed by atoms with Crippen LogP contribution >= 0.6 is 0 Å². The fourth-order valence-corrected chi connectivity index (χ4v) is 2.01. The molecule has 0 aliphatic heterocycles. The summed E-state index contributed by atoms with van der Waals surface area (Å²) in [5, 5.41) is 0. The number of esters is 1. The van der Waals surface area contributed by atoms with E-state index in [-0.39, 0.29) is 11.3 Å². The molecule has 0 saturated carbocycles. The largest absolute Gasteiger partial charge is 0.497 e. The second-order valence-electron chi connectivity index (χ2n) is 4.89. The first-order valence-corrected chi connectivity index (χ1v) is 7.15. The van der Waals surface area contributed by atoms with Crippen LogP contribution in [0.2, 0.25) is 0 Å². The Kier molecular flexibility index (Phi) is 5.72. The number of H-pyrrole nitrogens is 1. The van der Waals surface area contributed by atoms with Gasteiger partial charge in [0.2, 0.25) is 5.78 Å². The number of aromatic nitrogens is 2. The summed E-state index contributed by atoms with van der Waals surface area (Å²) in [6.45, 7) is -0.942. The number of aromatic amines is 1. The average Bonchev–Trinajstić information content (AvgIpc) is 2.61. The summed E-state index contributed by atoms with van der Waals surface area (Å²) in [5.74, 6) is -0.461. The molecule has 25 heavy (non-hydrogen) atoms. The van der Waals surface area contributed by atoms with Crippen LogP contribution in [0.25, 0.3) is 0 Å². The molecule has 0 amide bonds. The number of nitrogens with zero attached hydrogens (tertiary/aromatic N) is 1. The molecule has 0 spiro atoms. The van der Waals surface area contributed by atoms with Gasteiger partial charge in [-0.05, 0) is 12.1 Å². The van der Waals surface area contributed by atoms with Crippen molar-refractivity contribution in [2.75, 3.05) is 20.8 Å². The number of methoxy groups -OCH3 is 2. The topological polar surface area (TPSA) is 117 Å². The van der Waals surface area contributed by atoms with E-state index in [1.807, 2.05) is 4.98 Å². The molecule has 1 N–H and O–H groups in total. The lowest BCUT2D eigenvalue weighted by atomic mass is 10.1. The fourth-order valence-electron chi connectivity index (χ4n) is 2.01. The van der Waals surface area contributed by atoms with Gasteiger partial charge in [0, 0.05) is 18.3 Å². The molecular formula is C16H16N2O7. The Hall–Kier alpha value is -3.36. The number of Topliss-reactive ketones (excluding diaryl/α,β-unsaturated/α-hetero) is 1. The minimum absolute atomic E-state index is 0.234. The van der Waals surface area contributed by atoms with Crippen LogP contribution in [-0.4, -0.2) is 42.1 Å². The van der Waals surface area contributed by atoms with Crippen molar-refractivity contribution in [3.8, 4) is 11.5 Å². The molecule has 132 valence electrons. The van der Waals surface area contributed by atoms with Gasteiger partial charge in [0.25, 0.3) is 5.56 Å². The number of hydrogen-bond donors (Lipinski definition) is 1. The molecule has 2 rings (SSSR count). The maximum Gasteiger partial charge on any atom is 0.328 e. The molecule has 0 unspecified atom stereocenters. The standard InChI is InChI=1S/C16H16N2O7/c1-23-10-3-4-11(13(7-10)24-2)12(19)9-25-15(21)8-18-6-5-14(20)17-16(18)22/h3-7H,8-9H2,1-2H3,(H,17,20,22). The lowest BCUT2D eigenvalue weighted by Gasteiger charge is -2.10. The number of rotatable bonds is 7. The Labute approximate surface area is 141 Å². The highest BCUT2D eigenvalue weighted by Gasteiger charge is 2.16. The third-order valence-electron chi connectivity index (χ3n) is 3.27. The Morgan fingerprint density at radius 1 is 1.12 bits per heavy atom. The van der Waals surface area contributed by atoms with Crippen LogP contribution in [0.5, 0.6) is 11.5 Å². The van der Waals surface area contributed by atoms with E-state index < -0.39 is 36.2 Å². The smallest absolute Gasteiger partial charge is 0.328 e. The van der Waals surface area contributed by atoms with Gasteiger partial charge in [0.05, 0.1) is 19.8 Å². The first-order valence-electron chi connectivity index (χ1n) is 7.15. The zero-order chi connectivity index (χ0) is 18.4. The molecule has 0 radical (unpaired) electrons. The maximum atomic E-state index is 12.2. The molecule has 1 heterocycles. The third-order valence-corrected chi connectivity index (χ3v) is 3.27. The van der Waals surface area contributed by atoms with Gasteiger partial charge >= 0.3 is 11.7 Å². The first-order chi connectivity index (χ1) is 11.9. The van der Waals surface area contributed by atoms with Crippen molar-refractivity contribution in [1.82, 2.24) is 9.55 Å². The lowest BCUT2D eigenvalue weighted by molar-refractivity contribution is -0.143. The van der Waals surface area contributed by atoms with E-state index in [0.29, 0.717) is 5.75 Å². The summed E-state index contributed by atoms with van der Waals surface area (Å²) < 4.78 is 16.0. The van der Waals surface area contributed by atoms with Gasteiger partial charge in [-0.2, -0.15) is 0 Å². The van der Waals surface area contributed by atoms with Crippen LogP contribution in [0.3, 0.4) is 0 Å². The van der Waals surface area contributed by atoms with Crippen molar-refractivity contribution in [3.63, 3.8) is 0 Å². The first kappa shape index (κ1) is 18.0. The van der Waals surface area contributed by atoms with Crippen molar-refractivity contribution >= 4 is 11.8 Å². The van der Waals surface area contributed by atoms with Crippen molar-refractivity contribution in [2.45, 2.75) is 6.54 Å². The number of hydrogen-bond acceptors (Lipinski definition) is 7. The number of benzene rings is 1. The number of ether oxygens (including phenoxy) is 3. The number of carbonyl (C=O) groups excluding carboxylic acids is 2. The second-order valence-corrected chi connectivity index (χ2v) is 4.89. The Morgan fingerprint density at radius 2 is 1.88 bits per heavy atom. The van der Waals surface area contributed by atoms with E-state index in [1.54, 1.807) is 6.07 Å². The number of carbonyl (C=O) groups is 2. The van der Waals surface area contributed by atoms with Crippen LogP contribution in [0.4, 0.5) is 0 Å². The fraction of sp³-hybridized carbons (Fsp3) is 0.250. The van der Waals surface area contributed by atoms with Gasteiger partial charge in [-0.3, -0.25) is 23.9 Å². The maximum absolute atomic E-state index is 12.2. The van der Waals surface area contributed by atoms with E-state index in [0.717, 1.165) is 16.8 Å². The number of ketones is 1. The molecule has 2 aromatic rings. The van der Waals surface area contributed by atoms with E-state index in [2.05, 4.69) is 0 Å². The Bertz CT molecular complexity index is 898. The quantitative estimate of drug-likeness (QED) is 0.552. The van der Waals surface area contributed by atoms with Gasteiger partial charge in [-0.1, -0.05) is 0 Å². The van der Waals surface area contributed by atoms with Crippen molar-refractivity contribution < 1.29 is 23.8 Å². The molecule has 0 bridgehead atoms. The van der Waals surface area contributed by atoms with Gasteiger partial charge in [-0.15, -0.1) is 0 Å². The van der Waals surface area contributed by atoms with E-state index in [4.69, 9.17) is 14.2 Å². The van der Waals surface area contributed by atoms with Gasteiger partial charge in [0.1, 0.15) is 18.0 Å². The highest BCUT2D eigenvalue weighted by Crippen LogP contribution is 2.24. The number of nitrogens with one attached hydrogen (secondary N) is 1. The molecule has 0 saturated heterocycles. The van der Waals surface area contributed by atoms with Crippen LogP contribution < -0.4 is 20.7 Å². The van der Waals surface area contributed by atoms with Crippen molar-refractivity contribution in [2.24, 2.45) is 0 Å². The molecule has 0 aliphatic carbocycles. The van der Waals surface area contributed by atoms with E-state index in [1.165, 1.54) is 26.4 Å². The predicted molar refractivity (Wildman–Crippen MR) is 86.2 cm³/mol. The second kappa shape index (κ2) is 7.95. The van der Waals surface area contributed by atoms with Crippen LogP contribution in [0.1, 0.15) is 10.4 Å². The van der Waals surface area contributed by atoms with E-state index in [9.17, 15) is 19.2 Å². The van der Waals surface area contributed by atoms with Crippen LogP contribution in [-0.2, 0) is 16.1 Å². The highest BCUT2D eigenvalue weighted by molar-refractivity contribution is 6.00. The summed E-state index contributed by atoms with van der Waals surface area (Å²) in [6, 6.07) is 5.72. The zero-order valence-corrected chi connectivity index (χ0v) is 13.6. The monoisotopic (exact) mass is 348 g/mol. The molecule has 0 aliphatic rings. The Balaban J connectivity index is 2.01. The molecule has 9 nitrogen and oxygen atoms in total. The molecule has 0 atom stereocenters. The SMILES string of the molecule is COc1ccc(C(=O)COC(=O)Cn2ccc(=O)[nH]c2=O)c(OC)c1. The molecule has 0 fully saturated rings. The van der Waals surface area contributed by atoms with Gasteiger partial charge in [-0.25, -0.2) is 4.79 Å². The molecule has 1 aromatic heterocycles. The summed E-state index contributed by atoms with van der Waals surface area (Å²) in [4.78, 5) is 48.4. The van der Waals surface area contributed by atoms with Crippen molar-refractivity contribution in [1.29, 1.82) is 0 Å². The van der Waals surface area contributed by atoms with E-state index >= 15 is 0 Å². The van der Waals surface area contributed by atoms with Crippen molar-refractivity contribution in [3.05, 3.63) is 56.9 Å². The van der Waals surface area contributed by atoms with Gasteiger partial charge < -0.3 is 14.2 Å². The summed E-state index contributed by atoms with van der Waals surface area (Å²) in [6.07, 6.45) is 1.16. The Morgan fingerprint density at radius 3 is 2.52 bits per heavy atom. The van der Waals surface area contributed by atoms with Gasteiger partial charge in [0.15, 0.2) is 6.61 Å². The molecular weight excluding hydrogens is 332 g/mol. The molecule has 1 aromatic carbocycles. The minimum Gasteiger partial charge on any atom is -0.497 e. The average molecular weight is 348 g/mol. The predicted octanol–water partition coefficient (Wildman–Crippen LogP) is -0.0201. The lowest BCUT2D eigenvalue weighted by Crippen LogP contribution is -2.31. The normalized spacial score (nSPS) is 10.2. The van der Waals surface area contributed by atoms with Crippen LogP contribution in [0, 0.1) is 0 Å². The third kappa shape index (κ3) is 4.56. The van der Waals surface area contributed by atoms with Crippen LogP contribution in [0.15, 0.2) is 40.1 Å². The summed E-state index contributed by atoms with van der Waals surface area (Å²) in [5.41, 5.74) is -1.08. The molecule has 9 heteroatoms. The zero-order valence-electron chi connectivity index (χ0n) is 13.6. The summed E-state index contributed by atoms with van der Waals surface area (Å²) >= 11 is 0. The summed E-state index contributed by atoms with van der Waals surface area (Å²) in [7, 11) is 2.89. The minimum atomic E-state index is -0.796. The highest BCUT2D eigenvalue weighted by atomic mass is 16.5.